The van der Waals surface area contributed by atoms with Crippen molar-refractivity contribution in [2.75, 3.05) is 34.3 Å². The number of hydrogen-bond acceptors (Lipinski definition) is 7. The van der Waals surface area contributed by atoms with Crippen molar-refractivity contribution in [2.45, 2.75) is 13.0 Å². The van der Waals surface area contributed by atoms with E-state index < -0.39 is 23.7 Å². The summed E-state index contributed by atoms with van der Waals surface area (Å²) in [6.07, 6.45) is 0. The van der Waals surface area contributed by atoms with Crippen LogP contribution in [0.2, 0.25) is 5.02 Å². The van der Waals surface area contributed by atoms with Gasteiger partial charge in [-0.3, -0.25) is 14.4 Å². The van der Waals surface area contributed by atoms with Gasteiger partial charge in [-0.25, -0.2) is 0 Å². The van der Waals surface area contributed by atoms with E-state index >= 15 is 0 Å². The van der Waals surface area contributed by atoms with Crippen molar-refractivity contribution in [1.82, 2.24) is 9.80 Å². The van der Waals surface area contributed by atoms with Crippen LogP contribution in [0.25, 0.3) is 5.76 Å². The Morgan fingerprint density at radius 2 is 1.91 bits per heavy atom. The molecule has 1 N–H and O–H groups in total. The number of carbonyl (C=O) groups is 3. The first-order chi connectivity index (χ1) is 15.6. The molecule has 0 saturated carbocycles. The number of methoxy groups -OCH3 is 1. The predicted octanol–water partition coefficient (Wildman–Crippen LogP) is 3.26. The third kappa shape index (κ3) is 5.18. The number of amides is 1. The standard InChI is InChI=1S/C24H25ClN2O6/c1-14(28)33-17-7-5-6-15(12-17)21-20(23(30)24(31)27(21)11-10-26(2)3)22(29)16-8-9-19(32-4)18(25)13-16/h5-9,12-13,21,29H,10-11H2,1-4H3/b22-20+. The second kappa shape index (κ2) is 10.1. The molecule has 1 fully saturated rings. The smallest absolute Gasteiger partial charge is 0.308 e. The first-order valence-corrected chi connectivity index (χ1v) is 10.6. The summed E-state index contributed by atoms with van der Waals surface area (Å²) in [6, 6.07) is 10.3. The molecule has 3 rings (SSSR count). The van der Waals surface area contributed by atoms with E-state index in [1.807, 2.05) is 19.0 Å². The molecule has 0 bridgehead atoms. The minimum Gasteiger partial charge on any atom is -0.507 e. The lowest BCUT2D eigenvalue weighted by molar-refractivity contribution is -0.140. The van der Waals surface area contributed by atoms with Crippen LogP contribution in [0, 0.1) is 0 Å². The number of likely N-dealkylation sites (tertiary alicyclic amines) is 1. The van der Waals surface area contributed by atoms with Crippen molar-refractivity contribution in [2.24, 2.45) is 0 Å². The van der Waals surface area contributed by atoms with Gasteiger partial charge in [0.25, 0.3) is 11.7 Å². The van der Waals surface area contributed by atoms with Gasteiger partial charge in [-0.2, -0.15) is 0 Å². The number of likely N-dealkylation sites (N-methyl/N-ethyl adjacent to an activating group) is 1. The normalized spacial score (nSPS) is 17.5. The van der Waals surface area contributed by atoms with Gasteiger partial charge in [-0.15, -0.1) is 0 Å². The van der Waals surface area contributed by atoms with Crippen LogP contribution in [0.1, 0.15) is 24.1 Å². The second-order valence-corrected chi connectivity index (χ2v) is 8.22. The molecule has 174 valence electrons. The van der Waals surface area contributed by atoms with Crippen LogP contribution < -0.4 is 9.47 Å². The number of aliphatic hydroxyl groups is 1. The van der Waals surface area contributed by atoms with Gasteiger partial charge >= 0.3 is 5.97 Å². The van der Waals surface area contributed by atoms with Crippen molar-refractivity contribution in [3.63, 3.8) is 0 Å². The fraction of sp³-hybridized carbons (Fsp3) is 0.292. The van der Waals surface area contributed by atoms with E-state index in [1.54, 1.807) is 36.4 Å². The van der Waals surface area contributed by atoms with Gasteiger partial charge in [0.2, 0.25) is 0 Å². The molecule has 33 heavy (non-hydrogen) atoms. The van der Waals surface area contributed by atoms with E-state index in [0.29, 0.717) is 17.9 Å². The topological polar surface area (TPSA) is 96.4 Å². The zero-order chi connectivity index (χ0) is 24.3. The zero-order valence-electron chi connectivity index (χ0n) is 18.8. The first kappa shape index (κ1) is 24.3. The van der Waals surface area contributed by atoms with E-state index in [9.17, 15) is 19.5 Å². The Bertz CT molecular complexity index is 1130. The van der Waals surface area contributed by atoms with Gasteiger partial charge in [-0.1, -0.05) is 23.7 Å². The maximum absolute atomic E-state index is 13.1. The Kier molecular flexibility index (Phi) is 7.40. The summed E-state index contributed by atoms with van der Waals surface area (Å²) >= 11 is 6.21. The summed E-state index contributed by atoms with van der Waals surface area (Å²) in [4.78, 5) is 40.7. The first-order valence-electron chi connectivity index (χ1n) is 10.2. The van der Waals surface area contributed by atoms with E-state index in [-0.39, 0.29) is 34.2 Å². The fourth-order valence-corrected chi connectivity index (χ4v) is 3.91. The molecule has 0 radical (unpaired) electrons. The van der Waals surface area contributed by atoms with Crippen LogP contribution in [0.4, 0.5) is 0 Å². The number of halogens is 1. The molecule has 1 unspecified atom stereocenters. The van der Waals surface area contributed by atoms with Crippen LogP contribution >= 0.6 is 11.6 Å². The summed E-state index contributed by atoms with van der Waals surface area (Å²) in [6.45, 7) is 2.03. The van der Waals surface area contributed by atoms with Gasteiger partial charge in [-0.05, 0) is 50.0 Å². The van der Waals surface area contributed by atoms with E-state index in [0.717, 1.165) is 0 Å². The van der Waals surface area contributed by atoms with Crippen molar-refractivity contribution in [1.29, 1.82) is 0 Å². The zero-order valence-corrected chi connectivity index (χ0v) is 19.5. The van der Waals surface area contributed by atoms with Crippen molar-refractivity contribution >= 4 is 35.0 Å². The monoisotopic (exact) mass is 472 g/mol. The number of rotatable bonds is 7. The van der Waals surface area contributed by atoms with Crippen LogP contribution in [0.3, 0.4) is 0 Å². The number of hydrogen-bond donors (Lipinski definition) is 1. The molecule has 0 spiro atoms. The molecular formula is C24H25ClN2O6. The fourth-order valence-electron chi connectivity index (χ4n) is 3.65. The molecule has 1 atom stereocenters. The molecule has 1 saturated heterocycles. The van der Waals surface area contributed by atoms with E-state index in [1.165, 1.54) is 25.0 Å². The molecule has 1 aliphatic heterocycles. The lowest BCUT2D eigenvalue weighted by atomic mass is 9.95. The quantitative estimate of drug-likeness (QED) is 0.217. The highest BCUT2D eigenvalue weighted by Crippen LogP contribution is 2.41. The van der Waals surface area contributed by atoms with Crippen LogP contribution in [0.5, 0.6) is 11.5 Å². The van der Waals surface area contributed by atoms with Crippen LogP contribution in [-0.4, -0.2) is 66.9 Å². The molecule has 8 nitrogen and oxygen atoms in total. The Balaban J connectivity index is 2.16. The summed E-state index contributed by atoms with van der Waals surface area (Å²) in [5.41, 5.74) is 0.723. The van der Waals surface area contributed by atoms with E-state index in [2.05, 4.69) is 0 Å². The van der Waals surface area contributed by atoms with Crippen molar-refractivity contribution in [3.8, 4) is 11.5 Å². The average Bonchev–Trinajstić information content (AvgIpc) is 3.01. The van der Waals surface area contributed by atoms with Gasteiger partial charge < -0.3 is 24.4 Å². The minimum absolute atomic E-state index is 0.0695. The summed E-state index contributed by atoms with van der Waals surface area (Å²) in [5.74, 6) is -1.70. The lowest BCUT2D eigenvalue weighted by Crippen LogP contribution is -2.35. The molecule has 1 heterocycles. The lowest BCUT2D eigenvalue weighted by Gasteiger charge is -2.26. The Morgan fingerprint density at radius 1 is 1.18 bits per heavy atom. The Hall–Kier alpha value is -3.36. The SMILES string of the molecule is COc1ccc(/C(O)=C2\C(=O)C(=O)N(CCN(C)C)C2c2cccc(OC(C)=O)c2)cc1Cl. The number of esters is 1. The third-order valence-electron chi connectivity index (χ3n) is 5.19. The van der Waals surface area contributed by atoms with Gasteiger partial charge in [0.15, 0.2) is 0 Å². The number of ketones is 1. The number of carbonyl (C=O) groups excluding carboxylic acids is 3. The van der Waals surface area contributed by atoms with Gasteiger partial charge in [0.1, 0.15) is 17.3 Å². The van der Waals surface area contributed by atoms with Crippen LogP contribution in [-0.2, 0) is 14.4 Å². The van der Waals surface area contributed by atoms with Crippen molar-refractivity contribution < 1.29 is 29.0 Å². The van der Waals surface area contributed by atoms with Crippen molar-refractivity contribution in [3.05, 3.63) is 64.2 Å². The maximum Gasteiger partial charge on any atom is 0.308 e. The predicted molar refractivity (Wildman–Crippen MR) is 123 cm³/mol. The summed E-state index contributed by atoms with van der Waals surface area (Å²) in [5, 5.41) is 11.4. The molecule has 2 aromatic rings. The molecule has 0 aromatic heterocycles. The molecule has 0 aliphatic carbocycles. The Labute approximate surface area is 197 Å². The molecule has 1 amide bonds. The highest BCUT2D eigenvalue weighted by molar-refractivity contribution is 6.46. The number of Topliss-reactive ketones (excluding diaryl/α,β-unsaturated/α-hetero) is 1. The number of nitrogens with zero attached hydrogens (tertiary/aromatic N) is 2. The second-order valence-electron chi connectivity index (χ2n) is 7.81. The third-order valence-corrected chi connectivity index (χ3v) is 5.48. The largest absolute Gasteiger partial charge is 0.507 e. The number of aliphatic hydroxyl groups excluding tert-OH is 1. The van der Waals surface area contributed by atoms with Gasteiger partial charge in [0.05, 0.1) is 23.7 Å². The average molecular weight is 473 g/mol. The minimum atomic E-state index is -0.874. The Morgan fingerprint density at radius 3 is 2.52 bits per heavy atom. The van der Waals surface area contributed by atoms with E-state index in [4.69, 9.17) is 21.1 Å². The highest BCUT2D eigenvalue weighted by atomic mass is 35.5. The number of benzene rings is 2. The van der Waals surface area contributed by atoms with Crippen LogP contribution in [0.15, 0.2) is 48.0 Å². The van der Waals surface area contributed by atoms with Gasteiger partial charge in [0, 0.05) is 25.6 Å². The molecule has 1 aliphatic rings. The molecular weight excluding hydrogens is 448 g/mol. The highest BCUT2D eigenvalue weighted by Gasteiger charge is 2.46. The maximum atomic E-state index is 13.1. The number of ether oxygens (including phenoxy) is 2. The molecule has 2 aromatic carbocycles. The molecule has 9 heteroatoms. The summed E-state index contributed by atoms with van der Waals surface area (Å²) < 4.78 is 10.3. The summed E-state index contributed by atoms with van der Waals surface area (Å²) in [7, 11) is 5.17.